The van der Waals surface area contributed by atoms with Crippen molar-refractivity contribution in [3.8, 4) is 0 Å². The van der Waals surface area contributed by atoms with Crippen molar-refractivity contribution >= 4 is 78.5 Å². The molecule has 0 rings (SSSR count). The lowest BCUT2D eigenvalue weighted by molar-refractivity contribution is -0.141. The second-order valence-electron chi connectivity index (χ2n) is 11.8. The first kappa shape index (κ1) is 45.9. The minimum Gasteiger partial charge on any atom is -0.481 e. The SMILES string of the molecule is CC[C@H](C)[C@H](NC(=O)CN)C(=O)N[C@H](C(=O)N[C@@H](CCC(=O)O)C(=O)N[C@@H](CCC(N)=O)C(=O)N[C@@H](CS)C(=O)N[C@@H](CS)C(=O)O)C(C)C. The van der Waals surface area contributed by atoms with Crippen molar-refractivity contribution < 1.29 is 53.4 Å². The van der Waals surface area contributed by atoms with Crippen molar-refractivity contribution in [3.63, 3.8) is 0 Å². The Morgan fingerprint density at radius 1 is 0.620 bits per heavy atom. The van der Waals surface area contributed by atoms with Crippen molar-refractivity contribution in [3.05, 3.63) is 0 Å². The molecule has 0 spiro atoms. The van der Waals surface area contributed by atoms with E-state index in [0.29, 0.717) is 6.42 Å². The van der Waals surface area contributed by atoms with Crippen LogP contribution in [0.25, 0.3) is 0 Å². The fourth-order valence-corrected chi connectivity index (χ4v) is 4.77. The van der Waals surface area contributed by atoms with Gasteiger partial charge in [0.2, 0.25) is 41.4 Å². The summed E-state index contributed by atoms with van der Waals surface area (Å²) in [4.78, 5) is 112. The Balaban J connectivity index is 6.21. The molecule has 0 aliphatic heterocycles. The lowest BCUT2D eigenvalue weighted by atomic mass is 9.96. The summed E-state index contributed by atoms with van der Waals surface area (Å²) >= 11 is 7.88. The third-order valence-electron chi connectivity index (χ3n) is 7.45. The van der Waals surface area contributed by atoms with Crippen LogP contribution in [0.4, 0.5) is 0 Å². The normalized spacial score (nSPS) is 15.1. The summed E-state index contributed by atoms with van der Waals surface area (Å²) in [5.74, 6) is -10.2. The molecule has 12 N–H and O–H groups in total. The van der Waals surface area contributed by atoms with E-state index in [4.69, 9.17) is 11.5 Å². The smallest absolute Gasteiger partial charge is 0.327 e. The number of carboxylic acid groups (broad SMARTS) is 2. The Bertz CT molecular complexity index is 1240. The number of nitrogens with two attached hydrogens (primary N) is 2. The molecule has 0 heterocycles. The number of carbonyl (C=O) groups is 9. The van der Waals surface area contributed by atoms with E-state index in [1.54, 1.807) is 27.7 Å². The molecule has 284 valence electrons. The number of carbonyl (C=O) groups excluding carboxylic acids is 7. The summed E-state index contributed by atoms with van der Waals surface area (Å²) in [6.45, 7) is 6.32. The van der Waals surface area contributed by atoms with E-state index in [1.165, 1.54) is 0 Å². The lowest BCUT2D eigenvalue weighted by Gasteiger charge is -2.29. The zero-order valence-corrected chi connectivity index (χ0v) is 30.2. The second kappa shape index (κ2) is 23.3. The van der Waals surface area contributed by atoms with Gasteiger partial charge in [-0.3, -0.25) is 38.4 Å². The van der Waals surface area contributed by atoms with Gasteiger partial charge in [0.25, 0.3) is 0 Å². The van der Waals surface area contributed by atoms with Crippen LogP contribution in [0.2, 0.25) is 0 Å². The van der Waals surface area contributed by atoms with Gasteiger partial charge in [-0.25, -0.2) is 4.79 Å². The molecule has 7 atom stereocenters. The van der Waals surface area contributed by atoms with Gasteiger partial charge in [-0.15, -0.1) is 0 Å². The lowest BCUT2D eigenvalue weighted by Crippen LogP contribution is -2.61. The Morgan fingerprint density at radius 2 is 1.06 bits per heavy atom. The topological polar surface area (TPSA) is 318 Å². The van der Waals surface area contributed by atoms with Gasteiger partial charge in [-0.05, 0) is 24.7 Å². The highest BCUT2D eigenvalue weighted by Gasteiger charge is 2.35. The molecular formula is C29H50N8O11S2. The van der Waals surface area contributed by atoms with Crippen molar-refractivity contribution in [2.75, 3.05) is 18.1 Å². The number of amides is 7. The Labute approximate surface area is 300 Å². The molecule has 0 saturated heterocycles. The largest absolute Gasteiger partial charge is 0.481 e. The number of rotatable bonds is 24. The van der Waals surface area contributed by atoms with E-state index in [9.17, 15) is 53.4 Å². The molecule has 0 bridgehead atoms. The van der Waals surface area contributed by atoms with E-state index in [1.807, 2.05) is 0 Å². The highest BCUT2D eigenvalue weighted by molar-refractivity contribution is 7.80. The number of aliphatic carboxylic acids is 2. The summed E-state index contributed by atoms with van der Waals surface area (Å²) in [6, 6.07) is -8.21. The van der Waals surface area contributed by atoms with Gasteiger partial charge < -0.3 is 53.6 Å². The third kappa shape index (κ3) is 16.5. The van der Waals surface area contributed by atoms with Crippen LogP contribution in [0, 0.1) is 11.8 Å². The van der Waals surface area contributed by atoms with Crippen LogP contribution in [-0.2, 0) is 43.2 Å². The van der Waals surface area contributed by atoms with Gasteiger partial charge in [0.1, 0.15) is 36.3 Å². The molecule has 50 heavy (non-hydrogen) atoms. The Hall–Kier alpha value is -4.11. The van der Waals surface area contributed by atoms with Crippen LogP contribution < -0.4 is 43.4 Å². The maximum atomic E-state index is 13.5. The van der Waals surface area contributed by atoms with E-state index in [-0.39, 0.29) is 30.4 Å². The molecule has 0 unspecified atom stereocenters. The molecule has 21 heteroatoms. The summed E-state index contributed by atoms with van der Waals surface area (Å²) in [5.41, 5.74) is 10.6. The summed E-state index contributed by atoms with van der Waals surface area (Å²) in [7, 11) is 0. The molecular weight excluding hydrogens is 700 g/mol. The molecule has 0 aromatic carbocycles. The molecule has 0 saturated carbocycles. The number of hydrogen-bond acceptors (Lipinski definition) is 12. The molecule has 19 nitrogen and oxygen atoms in total. The van der Waals surface area contributed by atoms with Gasteiger partial charge in [0.15, 0.2) is 0 Å². The van der Waals surface area contributed by atoms with Gasteiger partial charge >= 0.3 is 11.9 Å². The predicted molar refractivity (Wildman–Crippen MR) is 186 cm³/mol. The molecule has 7 amide bonds. The average molecular weight is 751 g/mol. The highest BCUT2D eigenvalue weighted by atomic mass is 32.1. The molecule has 0 aromatic rings. The molecule has 0 aromatic heterocycles. The number of primary amides is 1. The van der Waals surface area contributed by atoms with E-state index < -0.39 is 115 Å². The average Bonchev–Trinajstić information content (AvgIpc) is 3.05. The number of nitrogens with one attached hydrogen (secondary N) is 6. The summed E-state index contributed by atoms with van der Waals surface area (Å²) in [5, 5.41) is 32.8. The fourth-order valence-electron chi connectivity index (χ4n) is 4.26. The van der Waals surface area contributed by atoms with Crippen molar-refractivity contribution in [1.29, 1.82) is 0 Å². The minimum absolute atomic E-state index is 0.264. The summed E-state index contributed by atoms with van der Waals surface area (Å²) in [6.07, 6.45) is -1.37. The molecule has 0 aliphatic rings. The maximum absolute atomic E-state index is 13.5. The molecule has 0 radical (unpaired) electrons. The van der Waals surface area contributed by atoms with Gasteiger partial charge in [0.05, 0.1) is 6.54 Å². The first-order valence-electron chi connectivity index (χ1n) is 15.8. The molecule has 0 aliphatic carbocycles. The number of thiol groups is 2. The standard InChI is InChI=1S/C29H50N8O11S2/c1-5-14(4)23(36-20(39)10-30)28(46)37-22(13(2)3)27(45)33-16(7-9-21(40)41)24(42)32-15(6-8-19(31)38)25(43)34-17(11-49)26(44)35-18(12-50)29(47)48/h13-18,22-23,49-50H,5-12,30H2,1-4H3,(H2,31,38)(H,32,42)(H,33,45)(H,34,43)(H,35,44)(H,36,39)(H,37,46)(H,40,41)(H,47,48)/t14-,15-,16-,17-,18-,22-,23-/m0/s1. The highest BCUT2D eigenvalue weighted by Crippen LogP contribution is 2.11. The number of carboxylic acids is 2. The zero-order valence-electron chi connectivity index (χ0n) is 28.4. The maximum Gasteiger partial charge on any atom is 0.327 e. The third-order valence-corrected chi connectivity index (χ3v) is 8.18. The van der Waals surface area contributed by atoms with Crippen LogP contribution in [-0.4, -0.2) is 118 Å². The second-order valence-corrected chi connectivity index (χ2v) is 12.5. The van der Waals surface area contributed by atoms with Crippen LogP contribution in [0.3, 0.4) is 0 Å². The minimum atomic E-state index is -1.57. The molecule has 0 fully saturated rings. The van der Waals surface area contributed by atoms with Crippen molar-refractivity contribution in [1.82, 2.24) is 31.9 Å². The zero-order chi connectivity index (χ0) is 38.7. The van der Waals surface area contributed by atoms with Crippen LogP contribution >= 0.6 is 25.3 Å². The Kier molecular flexibility index (Phi) is 21.4. The Morgan fingerprint density at radius 3 is 1.48 bits per heavy atom. The fraction of sp³-hybridized carbons (Fsp3) is 0.690. The van der Waals surface area contributed by atoms with Crippen LogP contribution in [0.1, 0.15) is 59.8 Å². The van der Waals surface area contributed by atoms with Crippen LogP contribution in [0.15, 0.2) is 0 Å². The van der Waals surface area contributed by atoms with Gasteiger partial charge in [-0.2, -0.15) is 25.3 Å². The van der Waals surface area contributed by atoms with E-state index in [2.05, 4.69) is 57.2 Å². The van der Waals surface area contributed by atoms with Crippen molar-refractivity contribution in [2.45, 2.75) is 96.1 Å². The predicted octanol–water partition coefficient (Wildman–Crippen LogP) is -3.37. The van der Waals surface area contributed by atoms with E-state index >= 15 is 0 Å². The summed E-state index contributed by atoms with van der Waals surface area (Å²) < 4.78 is 0. The quantitative estimate of drug-likeness (QED) is 0.0431. The van der Waals surface area contributed by atoms with Gasteiger partial charge in [-0.1, -0.05) is 34.1 Å². The number of hydrogen-bond donors (Lipinski definition) is 12. The van der Waals surface area contributed by atoms with E-state index in [0.717, 1.165) is 0 Å². The first-order valence-corrected chi connectivity index (χ1v) is 17.1. The first-order chi connectivity index (χ1) is 23.3. The van der Waals surface area contributed by atoms with Crippen LogP contribution in [0.5, 0.6) is 0 Å². The monoisotopic (exact) mass is 750 g/mol. The van der Waals surface area contributed by atoms with Gasteiger partial charge in [0, 0.05) is 24.3 Å². The van der Waals surface area contributed by atoms with Crippen molar-refractivity contribution in [2.24, 2.45) is 23.3 Å².